The van der Waals surface area contributed by atoms with Crippen LogP contribution in [0.4, 0.5) is 14.9 Å². The summed E-state index contributed by atoms with van der Waals surface area (Å²) in [4.78, 5) is 12.6. The number of amides is 2. The third-order valence-corrected chi connectivity index (χ3v) is 6.74. The second kappa shape index (κ2) is 11.6. The van der Waals surface area contributed by atoms with Gasteiger partial charge in [-0.1, -0.05) is 72.2 Å². The number of nitrogens with zero attached hydrogens (tertiary/aromatic N) is 3. The number of para-hydroxylation sites is 1. The van der Waals surface area contributed by atoms with E-state index >= 15 is 0 Å². The van der Waals surface area contributed by atoms with Crippen molar-refractivity contribution in [1.82, 2.24) is 20.1 Å². The summed E-state index contributed by atoms with van der Waals surface area (Å²) >= 11 is 14.1. The van der Waals surface area contributed by atoms with E-state index in [4.69, 9.17) is 23.2 Å². The zero-order valence-corrected chi connectivity index (χ0v) is 21.1. The number of aryl methyl sites for hydroxylation is 1. The van der Waals surface area contributed by atoms with Crippen molar-refractivity contribution in [1.29, 1.82) is 0 Å². The summed E-state index contributed by atoms with van der Waals surface area (Å²) in [6, 6.07) is 18.6. The molecule has 0 spiro atoms. The van der Waals surface area contributed by atoms with Gasteiger partial charge in [-0.15, -0.1) is 10.2 Å². The van der Waals surface area contributed by atoms with Crippen LogP contribution in [0.2, 0.25) is 10.0 Å². The number of hydrogen-bond acceptors (Lipinski definition) is 4. The monoisotopic (exact) mass is 529 g/mol. The summed E-state index contributed by atoms with van der Waals surface area (Å²) in [5, 5.41) is 15.8. The van der Waals surface area contributed by atoms with Crippen LogP contribution in [0.15, 0.2) is 71.9 Å². The first kappa shape index (κ1) is 25.0. The van der Waals surface area contributed by atoms with Gasteiger partial charge in [0.05, 0.1) is 17.3 Å². The molecule has 6 nitrogen and oxygen atoms in total. The van der Waals surface area contributed by atoms with Gasteiger partial charge in [-0.2, -0.15) is 0 Å². The standard InChI is InChI=1S/C25H22Cl2FN5OS/c1-2-17-5-3-4-6-21(17)30-24(34)29-14-23-31-32-25(35-15-16-7-10-19(28)11-8-16)33(23)22-13-18(26)9-12-20(22)27/h3-13H,2,14-15H2,1H3,(H2,29,30,34). The molecule has 4 rings (SSSR count). The molecular weight excluding hydrogens is 508 g/mol. The molecule has 0 radical (unpaired) electrons. The predicted molar refractivity (Wildman–Crippen MR) is 139 cm³/mol. The molecule has 1 heterocycles. The zero-order chi connectivity index (χ0) is 24.8. The van der Waals surface area contributed by atoms with Gasteiger partial charge in [0.1, 0.15) is 5.82 Å². The molecule has 2 N–H and O–H groups in total. The van der Waals surface area contributed by atoms with Gasteiger partial charge >= 0.3 is 6.03 Å². The number of thioether (sulfide) groups is 1. The van der Waals surface area contributed by atoms with Gasteiger partial charge in [0.2, 0.25) is 0 Å². The molecule has 0 aliphatic carbocycles. The average Bonchev–Trinajstić information content (AvgIpc) is 3.26. The Morgan fingerprint density at radius 3 is 2.60 bits per heavy atom. The largest absolute Gasteiger partial charge is 0.331 e. The van der Waals surface area contributed by atoms with Crippen LogP contribution < -0.4 is 10.6 Å². The van der Waals surface area contributed by atoms with E-state index in [9.17, 15) is 9.18 Å². The first-order chi connectivity index (χ1) is 16.9. The SMILES string of the molecule is CCc1ccccc1NC(=O)NCc1nnc(SCc2ccc(F)cc2)n1-c1cc(Cl)ccc1Cl. The Bertz CT molecular complexity index is 1330. The summed E-state index contributed by atoms with van der Waals surface area (Å²) in [6.07, 6.45) is 0.798. The Labute approximate surface area is 216 Å². The van der Waals surface area contributed by atoms with E-state index < -0.39 is 0 Å². The Morgan fingerprint density at radius 1 is 1.06 bits per heavy atom. The van der Waals surface area contributed by atoms with Crippen LogP contribution in [-0.2, 0) is 18.7 Å². The third kappa shape index (κ3) is 6.33. The summed E-state index contributed by atoms with van der Waals surface area (Å²) in [7, 11) is 0. The van der Waals surface area contributed by atoms with E-state index in [1.807, 2.05) is 31.2 Å². The molecule has 0 fully saturated rings. The Hall–Kier alpha value is -3.07. The summed E-state index contributed by atoms with van der Waals surface area (Å²) in [5.74, 6) is 0.730. The number of nitrogens with one attached hydrogen (secondary N) is 2. The smallest absolute Gasteiger partial charge is 0.319 e. The predicted octanol–water partition coefficient (Wildman–Crippen LogP) is 6.89. The number of hydrogen-bond donors (Lipinski definition) is 2. The van der Waals surface area contributed by atoms with Crippen molar-refractivity contribution in [3.8, 4) is 5.69 Å². The van der Waals surface area contributed by atoms with Crippen molar-refractivity contribution in [2.75, 3.05) is 5.32 Å². The van der Waals surface area contributed by atoms with Gasteiger partial charge in [0, 0.05) is 16.5 Å². The van der Waals surface area contributed by atoms with Crippen LogP contribution in [-0.4, -0.2) is 20.8 Å². The molecule has 3 aromatic carbocycles. The van der Waals surface area contributed by atoms with Gasteiger partial charge in [0.15, 0.2) is 11.0 Å². The molecule has 0 saturated heterocycles. The van der Waals surface area contributed by atoms with E-state index in [0.29, 0.717) is 32.5 Å². The van der Waals surface area contributed by atoms with Crippen LogP contribution in [0.5, 0.6) is 0 Å². The maximum atomic E-state index is 13.3. The molecule has 0 unspecified atom stereocenters. The number of aromatic nitrogens is 3. The molecule has 4 aromatic rings. The maximum Gasteiger partial charge on any atom is 0.319 e. The van der Waals surface area contributed by atoms with Gasteiger partial charge in [-0.25, -0.2) is 9.18 Å². The van der Waals surface area contributed by atoms with E-state index in [1.165, 1.54) is 23.9 Å². The summed E-state index contributed by atoms with van der Waals surface area (Å²) in [5.41, 5.74) is 3.31. The first-order valence-corrected chi connectivity index (χ1v) is 12.6. The van der Waals surface area contributed by atoms with Crippen LogP contribution >= 0.6 is 35.0 Å². The highest BCUT2D eigenvalue weighted by molar-refractivity contribution is 7.98. The number of benzene rings is 3. The van der Waals surface area contributed by atoms with Crippen LogP contribution in [0.3, 0.4) is 0 Å². The molecule has 0 atom stereocenters. The molecule has 0 aliphatic heterocycles. The second-order valence-electron chi connectivity index (χ2n) is 7.56. The highest BCUT2D eigenvalue weighted by atomic mass is 35.5. The number of rotatable bonds is 8. The fourth-order valence-electron chi connectivity index (χ4n) is 3.41. The van der Waals surface area contributed by atoms with Gasteiger partial charge in [-0.05, 0) is 53.9 Å². The minimum atomic E-state index is -0.363. The highest BCUT2D eigenvalue weighted by Crippen LogP contribution is 2.31. The van der Waals surface area contributed by atoms with Crippen molar-refractivity contribution >= 4 is 46.7 Å². The number of carbonyl (C=O) groups excluding carboxylic acids is 1. The molecule has 1 aromatic heterocycles. The quantitative estimate of drug-likeness (QED) is 0.244. The Balaban J connectivity index is 1.56. The zero-order valence-electron chi connectivity index (χ0n) is 18.8. The van der Waals surface area contributed by atoms with E-state index in [0.717, 1.165) is 23.2 Å². The van der Waals surface area contributed by atoms with E-state index in [2.05, 4.69) is 20.8 Å². The Kier molecular flexibility index (Phi) is 8.28. The lowest BCUT2D eigenvalue weighted by Crippen LogP contribution is -2.29. The van der Waals surface area contributed by atoms with Crippen molar-refractivity contribution < 1.29 is 9.18 Å². The first-order valence-electron chi connectivity index (χ1n) is 10.8. The van der Waals surface area contributed by atoms with Crippen LogP contribution in [0, 0.1) is 5.82 Å². The topological polar surface area (TPSA) is 71.8 Å². The number of urea groups is 1. The lowest BCUT2D eigenvalue weighted by Gasteiger charge is -2.14. The van der Waals surface area contributed by atoms with Crippen LogP contribution in [0.25, 0.3) is 5.69 Å². The molecule has 35 heavy (non-hydrogen) atoms. The lowest BCUT2D eigenvalue weighted by atomic mass is 10.1. The molecule has 180 valence electrons. The average molecular weight is 530 g/mol. The number of carbonyl (C=O) groups is 1. The minimum absolute atomic E-state index is 0.104. The van der Waals surface area contributed by atoms with Crippen molar-refractivity contribution in [2.24, 2.45) is 0 Å². The second-order valence-corrected chi connectivity index (χ2v) is 9.35. The summed E-state index contributed by atoms with van der Waals surface area (Å²) < 4.78 is 15.0. The minimum Gasteiger partial charge on any atom is -0.331 e. The third-order valence-electron chi connectivity index (χ3n) is 5.18. The normalized spacial score (nSPS) is 10.9. The molecule has 2 amide bonds. The van der Waals surface area contributed by atoms with Gasteiger partial charge < -0.3 is 10.6 Å². The lowest BCUT2D eigenvalue weighted by molar-refractivity contribution is 0.251. The Morgan fingerprint density at radius 2 is 1.83 bits per heavy atom. The number of anilines is 1. The highest BCUT2D eigenvalue weighted by Gasteiger charge is 2.18. The van der Waals surface area contributed by atoms with Crippen LogP contribution in [0.1, 0.15) is 23.9 Å². The van der Waals surface area contributed by atoms with Gasteiger partial charge in [-0.3, -0.25) is 4.57 Å². The fourth-order valence-corrected chi connectivity index (χ4v) is 4.70. The molecule has 0 bridgehead atoms. The van der Waals surface area contributed by atoms with Gasteiger partial charge in [0.25, 0.3) is 0 Å². The maximum absolute atomic E-state index is 13.3. The van der Waals surface area contributed by atoms with E-state index in [1.54, 1.807) is 34.9 Å². The van der Waals surface area contributed by atoms with Crippen molar-refractivity contribution in [3.63, 3.8) is 0 Å². The summed E-state index contributed by atoms with van der Waals surface area (Å²) in [6.45, 7) is 2.13. The van der Waals surface area contributed by atoms with E-state index in [-0.39, 0.29) is 18.4 Å². The number of halogens is 3. The fraction of sp³-hybridized carbons (Fsp3) is 0.160. The van der Waals surface area contributed by atoms with Crippen molar-refractivity contribution in [2.45, 2.75) is 30.8 Å². The molecule has 10 heteroatoms. The molecular formula is C25H22Cl2FN5OS. The van der Waals surface area contributed by atoms with Crippen molar-refractivity contribution in [3.05, 3.63) is 99.5 Å². The molecule has 0 saturated carbocycles. The molecule has 0 aliphatic rings.